The molecule has 4 rings (SSSR count). The van der Waals surface area contributed by atoms with Crippen molar-refractivity contribution in [2.75, 3.05) is 6.54 Å². The van der Waals surface area contributed by atoms with E-state index in [9.17, 15) is 4.79 Å². The quantitative estimate of drug-likeness (QED) is 0.634. The molecule has 2 heterocycles. The van der Waals surface area contributed by atoms with E-state index >= 15 is 0 Å². The molecule has 30 heavy (non-hydrogen) atoms. The fourth-order valence-electron chi connectivity index (χ4n) is 4.03. The van der Waals surface area contributed by atoms with Gasteiger partial charge in [0, 0.05) is 37.1 Å². The lowest BCUT2D eigenvalue weighted by Crippen LogP contribution is -2.45. The zero-order chi connectivity index (χ0) is 21.1. The van der Waals surface area contributed by atoms with Crippen LogP contribution in [-0.2, 0) is 24.3 Å². The maximum absolute atomic E-state index is 13.5. The molecule has 1 amide bonds. The van der Waals surface area contributed by atoms with Crippen molar-refractivity contribution in [3.63, 3.8) is 0 Å². The Morgan fingerprint density at radius 3 is 2.57 bits per heavy atom. The van der Waals surface area contributed by atoms with E-state index in [0.29, 0.717) is 11.6 Å². The van der Waals surface area contributed by atoms with Crippen molar-refractivity contribution in [1.82, 2.24) is 19.8 Å². The van der Waals surface area contributed by atoms with Crippen LogP contribution in [0.2, 0.25) is 5.02 Å². The van der Waals surface area contributed by atoms with Gasteiger partial charge in [0.05, 0.1) is 17.7 Å². The van der Waals surface area contributed by atoms with Crippen molar-refractivity contribution in [2.45, 2.75) is 45.4 Å². The van der Waals surface area contributed by atoms with E-state index in [1.54, 1.807) is 0 Å². The third-order valence-corrected chi connectivity index (χ3v) is 5.84. The number of nitrogens with one attached hydrogen (secondary N) is 1. The van der Waals surface area contributed by atoms with Crippen LogP contribution in [0, 0.1) is 0 Å². The van der Waals surface area contributed by atoms with E-state index < -0.39 is 0 Å². The van der Waals surface area contributed by atoms with Crippen LogP contribution in [0.25, 0.3) is 0 Å². The lowest BCUT2D eigenvalue weighted by Gasteiger charge is -2.36. The summed E-state index contributed by atoms with van der Waals surface area (Å²) in [6.07, 6.45) is 2.73. The number of halogens is 1. The average Bonchev–Trinajstić information content (AvgIpc) is 3.18. The first kappa shape index (κ1) is 20.6. The number of amides is 1. The van der Waals surface area contributed by atoms with Crippen LogP contribution in [0.3, 0.4) is 0 Å². The predicted octanol–water partition coefficient (Wildman–Crippen LogP) is 4.53. The first-order chi connectivity index (χ1) is 14.5. The molecular weight excluding hydrogens is 396 g/mol. The van der Waals surface area contributed by atoms with Gasteiger partial charge in [-0.1, -0.05) is 54.1 Å². The van der Waals surface area contributed by atoms with Gasteiger partial charge in [0.15, 0.2) is 0 Å². The van der Waals surface area contributed by atoms with Gasteiger partial charge in [-0.25, -0.2) is 4.98 Å². The van der Waals surface area contributed by atoms with Crippen molar-refractivity contribution < 1.29 is 4.79 Å². The number of imidazole rings is 1. The second-order valence-electron chi connectivity index (χ2n) is 8.03. The molecule has 2 aromatic carbocycles. The van der Waals surface area contributed by atoms with Crippen molar-refractivity contribution in [1.29, 1.82) is 0 Å². The van der Waals surface area contributed by atoms with Crippen molar-refractivity contribution in [3.8, 4) is 0 Å². The monoisotopic (exact) mass is 422 g/mol. The molecule has 0 saturated heterocycles. The van der Waals surface area contributed by atoms with Crippen molar-refractivity contribution in [2.24, 2.45) is 0 Å². The van der Waals surface area contributed by atoms with Gasteiger partial charge in [0.25, 0.3) is 0 Å². The number of carbonyl (C=O) groups is 1. The molecule has 3 aromatic rings. The van der Waals surface area contributed by atoms with Crippen LogP contribution in [-0.4, -0.2) is 26.9 Å². The first-order valence-corrected chi connectivity index (χ1v) is 10.8. The summed E-state index contributed by atoms with van der Waals surface area (Å²) in [4.78, 5) is 20.3. The highest BCUT2D eigenvalue weighted by atomic mass is 35.5. The number of hydrogen-bond donors (Lipinski definition) is 1. The maximum atomic E-state index is 13.5. The molecule has 156 valence electrons. The molecule has 0 unspecified atom stereocenters. The van der Waals surface area contributed by atoms with Gasteiger partial charge in [-0.05, 0) is 37.1 Å². The fraction of sp³-hybridized carbons (Fsp3) is 0.333. The van der Waals surface area contributed by atoms with E-state index in [1.807, 2.05) is 48.8 Å². The maximum Gasteiger partial charge on any atom is 0.243 e. The largest absolute Gasteiger partial charge is 0.350 e. The second-order valence-corrected chi connectivity index (χ2v) is 8.47. The molecule has 6 heteroatoms. The van der Waals surface area contributed by atoms with E-state index in [-0.39, 0.29) is 18.0 Å². The van der Waals surface area contributed by atoms with Crippen LogP contribution in [0.4, 0.5) is 0 Å². The minimum atomic E-state index is -0.369. The zero-order valence-corrected chi connectivity index (χ0v) is 18.1. The number of benzene rings is 2. The summed E-state index contributed by atoms with van der Waals surface area (Å²) in [5, 5.41) is 3.83. The highest BCUT2D eigenvalue weighted by Gasteiger charge is 2.36. The zero-order valence-electron chi connectivity index (χ0n) is 17.4. The Bertz CT molecular complexity index is 998. The Balaban J connectivity index is 1.61. The number of hydrogen-bond acceptors (Lipinski definition) is 3. The number of rotatable bonds is 6. The van der Waals surface area contributed by atoms with Gasteiger partial charge >= 0.3 is 0 Å². The van der Waals surface area contributed by atoms with Crippen LogP contribution in [0.5, 0.6) is 0 Å². The average molecular weight is 423 g/mol. The molecule has 1 aliphatic heterocycles. The number of fused-ring (bicyclic) bond motifs is 1. The molecule has 1 N–H and O–H groups in total. The van der Waals surface area contributed by atoms with Crippen LogP contribution in [0.1, 0.15) is 48.4 Å². The minimum Gasteiger partial charge on any atom is -0.350 e. The number of nitrogens with zero attached hydrogens (tertiary/aromatic N) is 3. The van der Waals surface area contributed by atoms with Crippen molar-refractivity contribution in [3.05, 3.63) is 88.5 Å². The molecule has 0 fully saturated rings. The standard InChI is InChI=1S/C24H27ClN4O/c1-17(2)29-16-27-21-12-13-28(15-19-6-4-3-5-7-19)23(22(21)29)24(30)26-14-18-8-10-20(25)11-9-18/h3-11,16-17,23H,12-15H2,1-2H3,(H,26,30)/t23-/m0/s1. The summed E-state index contributed by atoms with van der Waals surface area (Å²) in [6, 6.07) is 17.8. The predicted molar refractivity (Wildman–Crippen MR) is 119 cm³/mol. The fourth-order valence-corrected chi connectivity index (χ4v) is 4.16. The second kappa shape index (κ2) is 9.02. The molecular formula is C24H27ClN4O. The summed E-state index contributed by atoms with van der Waals surface area (Å²) in [5.74, 6) is 0.00392. The number of carbonyl (C=O) groups excluding carboxylic acids is 1. The van der Waals surface area contributed by atoms with Crippen LogP contribution >= 0.6 is 11.6 Å². The van der Waals surface area contributed by atoms with Gasteiger partial charge < -0.3 is 9.88 Å². The SMILES string of the molecule is CC(C)n1cnc2c1[C@@H](C(=O)NCc1ccc(Cl)cc1)N(Cc1ccccc1)CC2. The normalized spacial score (nSPS) is 16.5. The lowest BCUT2D eigenvalue weighted by molar-refractivity contribution is -0.127. The summed E-state index contributed by atoms with van der Waals surface area (Å²) >= 11 is 5.98. The van der Waals surface area contributed by atoms with Gasteiger partial charge in [0.1, 0.15) is 6.04 Å². The van der Waals surface area contributed by atoms with E-state index in [4.69, 9.17) is 11.6 Å². The Morgan fingerprint density at radius 2 is 1.87 bits per heavy atom. The Hall–Kier alpha value is -2.63. The molecule has 0 saturated carbocycles. The summed E-state index contributed by atoms with van der Waals surface area (Å²) < 4.78 is 2.14. The Kier molecular flexibility index (Phi) is 6.21. The molecule has 1 aromatic heterocycles. The molecule has 0 radical (unpaired) electrons. The third kappa shape index (κ3) is 4.42. The summed E-state index contributed by atoms with van der Waals surface area (Å²) in [7, 11) is 0. The summed E-state index contributed by atoms with van der Waals surface area (Å²) in [5.41, 5.74) is 4.27. The molecule has 0 aliphatic carbocycles. The molecule has 1 aliphatic rings. The van der Waals surface area contributed by atoms with Gasteiger partial charge in [0.2, 0.25) is 5.91 Å². The molecule has 0 bridgehead atoms. The van der Waals surface area contributed by atoms with Gasteiger partial charge in [-0.3, -0.25) is 9.69 Å². The van der Waals surface area contributed by atoms with Crippen LogP contribution < -0.4 is 5.32 Å². The van der Waals surface area contributed by atoms with Gasteiger partial charge in [-0.2, -0.15) is 0 Å². The minimum absolute atomic E-state index is 0.00392. The first-order valence-electron chi connectivity index (χ1n) is 10.4. The Labute approximate surface area is 182 Å². The van der Waals surface area contributed by atoms with Crippen molar-refractivity contribution >= 4 is 17.5 Å². The smallest absolute Gasteiger partial charge is 0.243 e. The summed E-state index contributed by atoms with van der Waals surface area (Å²) in [6.45, 7) is 6.25. The third-order valence-electron chi connectivity index (χ3n) is 5.58. The number of aromatic nitrogens is 2. The molecule has 0 spiro atoms. The topological polar surface area (TPSA) is 50.2 Å². The molecule has 1 atom stereocenters. The Morgan fingerprint density at radius 1 is 1.13 bits per heavy atom. The lowest BCUT2D eigenvalue weighted by atomic mass is 9.99. The van der Waals surface area contributed by atoms with E-state index in [0.717, 1.165) is 36.5 Å². The van der Waals surface area contributed by atoms with E-state index in [1.165, 1.54) is 5.56 Å². The van der Waals surface area contributed by atoms with Crippen LogP contribution in [0.15, 0.2) is 60.9 Å². The highest BCUT2D eigenvalue weighted by molar-refractivity contribution is 6.30. The van der Waals surface area contributed by atoms with Gasteiger partial charge in [-0.15, -0.1) is 0 Å². The molecule has 5 nitrogen and oxygen atoms in total. The highest BCUT2D eigenvalue weighted by Crippen LogP contribution is 2.32. The van der Waals surface area contributed by atoms with E-state index in [2.05, 4.69) is 45.7 Å².